The monoisotopic (exact) mass is 272 g/mol. The van der Waals surface area contributed by atoms with Crippen molar-refractivity contribution in [3.63, 3.8) is 0 Å². The molecule has 0 unspecified atom stereocenters. The Balaban J connectivity index is 1.41. The number of rotatable bonds is 4. The summed E-state index contributed by atoms with van der Waals surface area (Å²) in [5.41, 5.74) is 2.79. The first-order chi connectivity index (χ1) is 9.81. The van der Waals surface area contributed by atoms with Crippen molar-refractivity contribution < 1.29 is 4.79 Å². The summed E-state index contributed by atoms with van der Waals surface area (Å²) in [5, 5.41) is 3.20. The van der Waals surface area contributed by atoms with Crippen LogP contribution in [-0.2, 0) is 17.6 Å². The maximum Gasteiger partial charge on any atom is 0.221 e. The largest absolute Gasteiger partial charge is 0.353 e. The lowest BCUT2D eigenvalue weighted by Crippen LogP contribution is -2.38. The Morgan fingerprint density at radius 1 is 1.10 bits per heavy atom. The summed E-state index contributed by atoms with van der Waals surface area (Å²) in [4.78, 5) is 14.5. The molecule has 0 radical (unpaired) electrons. The SMILES string of the molecule is O=C(CCN1CCCCC1)NC1Cc2ccccc2C1. The van der Waals surface area contributed by atoms with Gasteiger partial charge in [0.25, 0.3) is 0 Å². The number of amides is 1. The molecular formula is C17H24N2O. The van der Waals surface area contributed by atoms with E-state index < -0.39 is 0 Å². The lowest BCUT2D eigenvalue weighted by atomic mass is 10.1. The molecule has 1 N–H and O–H groups in total. The van der Waals surface area contributed by atoms with Gasteiger partial charge in [0.1, 0.15) is 0 Å². The number of piperidine rings is 1. The van der Waals surface area contributed by atoms with E-state index >= 15 is 0 Å². The average molecular weight is 272 g/mol. The first-order valence-corrected chi connectivity index (χ1v) is 7.90. The molecule has 0 saturated carbocycles. The fraction of sp³-hybridized carbons (Fsp3) is 0.588. The minimum Gasteiger partial charge on any atom is -0.353 e. The third-order valence-electron chi connectivity index (χ3n) is 4.52. The molecule has 1 aromatic carbocycles. The van der Waals surface area contributed by atoms with Gasteiger partial charge in [-0.1, -0.05) is 30.7 Å². The van der Waals surface area contributed by atoms with Crippen molar-refractivity contribution in [1.29, 1.82) is 0 Å². The van der Waals surface area contributed by atoms with Crippen LogP contribution in [0.4, 0.5) is 0 Å². The van der Waals surface area contributed by atoms with Crippen LogP contribution in [0, 0.1) is 0 Å². The van der Waals surface area contributed by atoms with Crippen molar-refractivity contribution in [2.45, 2.75) is 44.6 Å². The minimum absolute atomic E-state index is 0.216. The number of hydrogen-bond donors (Lipinski definition) is 1. The van der Waals surface area contributed by atoms with Crippen LogP contribution in [0.2, 0.25) is 0 Å². The normalized spacial score (nSPS) is 19.8. The molecule has 108 valence electrons. The van der Waals surface area contributed by atoms with Gasteiger partial charge in [-0.25, -0.2) is 0 Å². The van der Waals surface area contributed by atoms with Gasteiger partial charge < -0.3 is 10.2 Å². The average Bonchev–Trinajstić information content (AvgIpc) is 2.88. The van der Waals surface area contributed by atoms with Crippen LogP contribution >= 0.6 is 0 Å². The second-order valence-electron chi connectivity index (χ2n) is 6.09. The second-order valence-corrected chi connectivity index (χ2v) is 6.09. The highest BCUT2D eigenvalue weighted by Crippen LogP contribution is 2.21. The highest BCUT2D eigenvalue weighted by molar-refractivity contribution is 5.76. The summed E-state index contributed by atoms with van der Waals surface area (Å²) in [6.07, 6.45) is 6.56. The molecule has 0 aromatic heterocycles. The van der Waals surface area contributed by atoms with Crippen LogP contribution in [0.1, 0.15) is 36.8 Å². The Morgan fingerprint density at radius 2 is 1.75 bits per heavy atom. The highest BCUT2D eigenvalue weighted by atomic mass is 16.1. The summed E-state index contributed by atoms with van der Waals surface area (Å²) in [6.45, 7) is 3.26. The molecule has 1 aromatic rings. The van der Waals surface area contributed by atoms with Crippen molar-refractivity contribution in [3.8, 4) is 0 Å². The molecule has 3 rings (SSSR count). The predicted molar refractivity (Wildman–Crippen MR) is 80.7 cm³/mol. The van der Waals surface area contributed by atoms with Gasteiger partial charge in [-0.05, 0) is 49.9 Å². The third-order valence-corrected chi connectivity index (χ3v) is 4.52. The van der Waals surface area contributed by atoms with Gasteiger partial charge in [-0.3, -0.25) is 4.79 Å². The van der Waals surface area contributed by atoms with Gasteiger partial charge in [0.2, 0.25) is 5.91 Å². The van der Waals surface area contributed by atoms with Gasteiger partial charge in [-0.2, -0.15) is 0 Å². The predicted octanol–water partition coefficient (Wildman–Crippen LogP) is 2.15. The van der Waals surface area contributed by atoms with Crippen molar-refractivity contribution in [2.75, 3.05) is 19.6 Å². The highest BCUT2D eigenvalue weighted by Gasteiger charge is 2.22. The number of likely N-dealkylation sites (tertiary alicyclic amines) is 1. The summed E-state index contributed by atoms with van der Waals surface area (Å²) in [5.74, 6) is 0.216. The minimum atomic E-state index is 0.216. The van der Waals surface area contributed by atoms with Crippen molar-refractivity contribution in [3.05, 3.63) is 35.4 Å². The van der Waals surface area contributed by atoms with Crippen LogP contribution in [-0.4, -0.2) is 36.5 Å². The second kappa shape index (κ2) is 6.40. The summed E-state index contributed by atoms with van der Waals surface area (Å²) in [7, 11) is 0. The molecule has 2 aliphatic rings. The Hall–Kier alpha value is -1.35. The number of nitrogens with one attached hydrogen (secondary N) is 1. The fourth-order valence-electron chi connectivity index (χ4n) is 3.40. The van der Waals surface area contributed by atoms with E-state index in [0.717, 1.165) is 19.4 Å². The van der Waals surface area contributed by atoms with Crippen molar-refractivity contribution in [1.82, 2.24) is 10.2 Å². The number of carbonyl (C=O) groups excluding carboxylic acids is 1. The van der Waals surface area contributed by atoms with Gasteiger partial charge in [-0.15, -0.1) is 0 Å². The van der Waals surface area contributed by atoms with Crippen LogP contribution < -0.4 is 5.32 Å². The molecule has 0 bridgehead atoms. The third kappa shape index (κ3) is 3.40. The molecule has 1 aliphatic carbocycles. The molecule has 3 nitrogen and oxygen atoms in total. The van der Waals surface area contributed by atoms with E-state index in [4.69, 9.17) is 0 Å². The summed E-state index contributed by atoms with van der Waals surface area (Å²) in [6, 6.07) is 8.82. The zero-order valence-corrected chi connectivity index (χ0v) is 12.1. The van der Waals surface area contributed by atoms with Crippen molar-refractivity contribution >= 4 is 5.91 Å². The smallest absolute Gasteiger partial charge is 0.221 e. The van der Waals surface area contributed by atoms with Crippen LogP contribution in [0.15, 0.2) is 24.3 Å². The van der Waals surface area contributed by atoms with Gasteiger partial charge in [0, 0.05) is 19.0 Å². The number of fused-ring (bicyclic) bond motifs is 1. The standard InChI is InChI=1S/C17H24N2O/c20-17(8-11-19-9-4-1-5-10-19)18-16-12-14-6-2-3-7-15(14)13-16/h2-3,6-7,16H,1,4-5,8-13H2,(H,18,20). The van der Waals surface area contributed by atoms with Crippen LogP contribution in [0.5, 0.6) is 0 Å². The van der Waals surface area contributed by atoms with Gasteiger partial charge in [0.15, 0.2) is 0 Å². The molecule has 0 atom stereocenters. The zero-order chi connectivity index (χ0) is 13.8. The van der Waals surface area contributed by atoms with E-state index in [1.165, 1.54) is 43.5 Å². The molecule has 1 aliphatic heterocycles. The Morgan fingerprint density at radius 3 is 2.40 bits per heavy atom. The number of carbonyl (C=O) groups is 1. The maximum absolute atomic E-state index is 12.1. The van der Waals surface area contributed by atoms with Crippen molar-refractivity contribution in [2.24, 2.45) is 0 Å². The van der Waals surface area contributed by atoms with E-state index in [1.807, 2.05) is 0 Å². The topological polar surface area (TPSA) is 32.3 Å². The van der Waals surface area contributed by atoms with E-state index in [2.05, 4.69) is 34.5 Å². The lowest BCUT2D eigenvalue weighted by Gasteiger charge is -2.26. The first kappa shape index (κ1) is 13.6. The first-order valence-electron chi connectivity index (χ1n) is 7.90. The molecule has 1 saturated heterocycles. The number of hydrogen-bond acceptors (Lipinski definition) is 2. The van der Waals surface area contributed by atoms with E-state index in [0.29, 0.717) is 12.5 Å². The molecular weight excluding hydrogens is 248 g/mol. The van der Waals surface area contributed by atoms with E-state index in [-0.39, 0.29) is 5.91 Å². The molecule has 20 heavy (non-hydrogen) atoms. The van der Waals surface area contributed by atoms with Crippen LogP contribution in [0.3, 0.4) is 0 Å². The van der Waals surface area contributed by atoms with Crippen LogP contribution in [0.25, 0.3) is 0 Å². The molecule has 1 heterocycles. The lowest BCUT2D eigenvalue weighted by molar-refractivity contribution is -0.122. The van der Waals surface area contributed by atoms with Gasteiger partial charge in [0.05, 0.1) is 0 Å². The van der Waals surface area contributed by atoms with E-state index in [9.17, 15) is 4.79 Å². The Kier molecular flexibility index (Phi) is 4.36. The van der Waals surface area contributed by atoms with Gasteiger partial charge >= 0.3 is 0 Å². The summed E-state index contributed by atoms with van der Waals surface area (Å²) >= 11 is 0. The summed E-state index contributed by atoms with van der Waals surface area (Å²) < 4.78 is 0. The Labute approximate surface area is 121 Å². The van der Waals surface area contributed by atoms with E-state index in [1.54, 1.807) is 0 Å². The molecule has 1 amide bonds. The fourth-order valence-corrected chi connectivity index (χ4v) is 3.40. The Bertz CT molecular complexity index is 441. The quantitative estimate of drug-likeness (QED) is 0.911. The zero-order valence-electron chi connectivity index (χ0n) is 12.1. The molecule has 0 spiro atoms. The number of benzene rings is 1. The number of nitrogens with zero attached hydrogens (tertiary/aromatic N) is 1. The maximum atomic E-state index is 12.1. The molecule has 3 heteroatoms. The molecule has 1 fully saturated rings.